The lowest BCUT2D eigenvalue weighted by molar-refractivity contribution is 0.0945. The summed E-state index contributed by atoms with van der Waals surface area (Å²) in [5.74, 6) is -0.440. The number of aryl methyl sites for hydroxylation is 1. The minimum Gasteiger partial charge on any atom is -0.348 e. The first-order valence-corrected chi connectivity index (χ1v) is 8.07. The second kappa shape index (κ2) is 7.29. The van der Waals surface area contributed by atoms with Gasteiger partial charge < -0.3 is 11.1 Å². The number of halogens is 2. The van der Waals surface area contributed by atoms with E-state index >= 15 is 0 Å². The van der Waals surface area contributed by atoms with Crippen LogP contribution < -0.4 is 11.1 Å². The summed E-state index contributed by atoms with van der Waals surface area (Å²) in [4.78, 5) is 13.7. The van der Waals surface area contributed by atoms with E-state index in [0.29, 0.717) is 11.4 Å². The fraction of sp³-hybridized carbons (Fsp3) is 0.250. The Hall–Kier alpha value is -1.96. The zero-order valence-corrected chi connectivity index (χ0v) is 14.9. The van der Waals surface area contributed by atoms with Gasteiger partial charge in [-0.25, -0.2) is 9.07 Å². The number of carbonyl (C=O) groups is 1. The number of aromatic nitrogens is 2. The van der Waals surface area contributed by atoms with Gasteiger partial charge in [-0.15, -0.1) is 23.7 Å². The number of carbonyl (C=O) groups excluding carboxylic acids is 1. The summed E-state index contributed by atoms with van der Waals surface area (Å²) in [6.07, 6.45) is 0. The molecule has 1 amide bonds. The monoisotopic (exact) mass is 368 g/mol. The first-order chi connectivity index (χ1) is 11.0. The fourth-order valence-corrected chi connectivity index (χ4v) is 3.36. The summed E-state index contributed by atoms with van der Waals surface area (Å²) in [6.45, 7) is 4.13. The van der Waals surface area contributed by atoms with Crippen LogP contribution in [-0.4, -0.2) is 28.3 Å². The Morgan fingerprint density at radius 1 is 1.42 bits per heavy atom. The Bertz CT molecular complexity index is 859. The van der Waals surface area contributed by atoms with Crippen LogP contribution in [0.4, 0.5) is 4.39 Å². The molecule has 0 radical (unpaired) electrons. The summed E-state index contributed by atoms with van der Waals surface area (Å²) < 4.78 is 14.8. The molecule has 2 aromatic heterocycles. The molecular formula is C16H18ClFN4OS. The van der Waals surface area contributed by atoms with Crippen LogP contribution in [-0.2, 0) is 0 Å². The first-order valence-electron chi connectivity index (χ1n) is 7.25. The third kappa shape index (κ3) is 3.43. The van der Waals surface area contributed by atoms with E-state index in [1.54, 1.807) is 16.8 Å². The van der Waals surface area contributed by atoms with E-state index in [1.165, 1.54) is 23.5 Å². The van der Waals surface area contributed by atoms with Gasteiger partial charge in [0.2, 0.25) is 0 Å². The van der Waals surface area contributed by atoms with Crippen LogP contribution in [0.25, 0.3) is 15.9 Å². The quantitative estimate of drug-likeness (QED) is 0.743. The van der Waals surface area contributed by atoms with Crippen molar-refractivity contribution in [3.8, 4) is 5.69 Å². The fourth-order valence-electron chi connectivity index (χ4n) is 2.27. The van der Waals surface area contributed by atoms with Crippen LogP contribution in [0.2, 0.25) is 0 Å². The molecule has 0 bridgehead atoms. The Kier molecular flexibility index (Phi) is 5.58. The third-order valence-electron chi connectivity index (χ3n) is 3.57. The van der Waals surface area contributed by atoms with Gasteiger partial charge in [-0.05, 0) is 44.2 Å². The Labute approximate surface area is 149 Å². The normalized spacial score (nSPS) is 12.0. The topological polar surface area (TPSA) is 72.9 Å². The zero-order chi connectivity index (χ0) is 16.6. The van der Waals surface area contributed by atoms with Crippen LogP contribution in [0, 0.1) is 12.7 Å². The number of fused-ring (bicyclic) bond motifs is 1. The minimum atomic E-state index is -0.295. The standard InChI is InChI=1S/C16H17FN4OS.ClH/c1-9(8-18)19-15(22)14-7-13-10(2)20-21(16(13)23-14)12-5-3-11(17)4-6-12;/h3-7,9H,8,18H2,1-2H3,(H,19,22);1H/t9-;/m0./s1. The zero-order valence-electron chi connectivity index (χ0n) is 13.2. The van der Waals surface area contributed by atoms with Crippen LogP contribution in [0.3, 0.4) is 0 Å². The van der Waals surface area contributed by atoms with Gasteiger partial charge in [0.1, 0.15) is 10.6 Å². The van der Waals surface area contributed by atoms with Crippen molar-refractivity contribution in [3.63, 3.8) is 0 Å². The number of nitrogens with zero attached hydrogens (tertiary/aromatic N) is 2. The van der Waals surface area contributed by atoms with Crippen molar-refractivity contribution in [2.45, 2.75) is 19.9 Å². The molecule has 0 saturated carbocycles. The van der Waals surface area contributed by atoms with Crippen LogP contribution in [0.5, 0.6) is 0 Å². The van der Waals surface area contributed by atoms with Gasteiger partial charge in [-0.2, -0.15) is 5.10 Å². The molecule has 0 aliphatic carbocycles. The van der Waals surface area contributed by atoms with Crippen molar-refractivity contribution in [2.75, 3.05) is 6.54 Å². The van der Waals surface area contributed by atoms with Crippen molar-refractivity contribution in [1.29, 1.82) is 0 Å². The molecule has 24 heavy (non-hydrogen) atoms. The van der Waals surface area contributed by atoms with Gasteiger partial charge in [0.15, 0.2) is 0 Å². The molecular weight excluding hydrogens is 351 g/mol. The van der Waals surface area contributed by atoms with Gasteiger partial charge in [0.05, 0.1) is 16.3 Å². The molecule has 3 aromatic rings. The number of hydrogen-bond acceptors (Lipinski definition) is 4. The van der Waals surface area contributed by atoms with Gasteiger partial charge >= 0.3 is 0 Å². The molecule has 0 saturated heterocycles. The van der Waals surface area contributed by atoms with E-state index in [1.807, 2.05) is 19.9 Å². The lowest BCUT2D eigenvalue weighted by Gasteiger charge is -2.09. The summed E-state index contributed by atoms with van der Waals surface area (Å²) in [6, 6.07) is 7.86. The average molecular weight is 369 g/mol. The smallest absolute Gasteiger partial charge is 0.261 e. The third-order valence-corrected chi connectivity index (χ3v) is 4.68. The van der Waals surface area contributed by atoms with Crippen molar-refractivity contribution >= 4 is 39.9 Å². The van der Waals surface area contributed by atoms with E-state index in [2.05, 4.69) is 10.4 Å². The largest absolute Gasteiger partial charge is 0.348 e. The average Bonchev–Trinajstić information content (AvgIpc) is 3.09. The SMILES string of the molecule is Cc1nn(-c2ccc(F)cc2)c2sc(C(=O)N[C@@H](C)CN)cc12.Cl. The Balaban J connectivity index is 0.00000208. The number of nitrogens with one attached hydrogen (secondary N) is 1. The molecule has 0 aliphatic heterocycles. The molecule has 3 rings (SSSR count). The highest BCUT2D eigenvalue weighted by molar-refractivity contribution is 7.20. The van der Waals surface area contributed by atoms with E-state index in [9.17, 15) is 9.18 Å². The maximum Gasteiger partial charge on any atom is 0.261 e. The van der Waals surface area contributed by atoms with Crippen LogP contribution in [0.1, 0.15) is 22.3 Å². The molecule has 8 heteroatoms. The molecule has 0 aliphatic rings. The highest BCUT2D eigenvalue weighted by atomic mass is 35.5. The van der Waals surface area contributed by atoms with Crippen LogP contribution in [0.15, 0.2) is 30.3 Å². The molecule has 3 N–H and O–H groups in total. The molecule has 0 fully saturated rings. The van der Waals surface area contributed by atoms with E-state index in [4.69, 9.17) is 5.73 Å². The molecule has 0 unspecified atom stereocenters. The lowest BCUT2D eigenvalue weighted by Crippen LogP contribution is -2.37. The van der Waals surface area contributed by atoms with Gasteiger partial charge in [0.25, 0.3) is 5.91 Å². The highest BCUT2D eigenvalue weighted by Crippen LogP contribution is 2.30. The number of thiophene rings is 1. The molecule has 0 spiro atoms. The van der Waals surface area contributed by atoms with Crippen molar-refractivity contribution in [3.05, 3.63) is 46.7 Å². The highest BCUT2D eigenvalue weighted by Gasteiger charge is 2.18. The van der Waals surface area contributed by atoms with Gasteiger partial charge in [-0.1, -0.05) is 0 Å². The van der Waals surface area contributed by atoms with Gasteiger partial charge in [0, 0.05) is 18.0 Å². The molecule has 128 valence electrons. The van der Waals surface area contributed by atoms with Gasteiger partial charge in [-0.3, -0.25) is 4.79 Å². The van der Waals surface area contributed by atoms with E-state index in [0.717, 1.165) is 21.6 Å². The summed E-state index contributed by atoms with van der Waals surface area (Å²) in [5, 5.41) is 8.25. The number of rotatable bonds is 4. The molecule has 2 heterocycles. The summed E-state index contributed by atoms with van der Waals surface area (Å²) in [7, 11) is 0. The maximum absolute atomic E-state index is 13.1. The first kappa shape index (κ1) is 18.4. The van der Waals surface area contributed by atoms with Crippen molar-refractivity contribution < 1.29 is 9.18 Å². The summed E-state index contributed by atoms with van der Waals surface area (Å²) >= 11 is 1.36. The number of benzene rings is 1. The number of amides is 1. The number of hydrogen-bond donors (Lipinski definition) is 2. The molecule has 1 aromatic carbocycles. The van der Waals surface area contributed by atoms with E-state index < -0.39 is 0 Å². The Morgan fingerprint density at radius 3 is 2.71 bits per heavy atom. The molecule has 5 nitrogen and oxygen atoms in total. The van der Waals surface area contributed by atoms with Crippen LogP contribution >= 0.6 is 23.7 Å². The van der Waals surface area contributed by atoms with E-state index in [-0.39, 0.29) is 30.2 Å². The minimum absolute atomic E-state index is 0. The predicted molar refractivity (Wildman–Crippen MR) is 96.9 cm³/mol. The number of nitrogens with two attached hydrogens (primary N) is 1. The van der Waals surface area contributed by atoms with Crippen molar-refractivity contribution in [2.24, 2.45) is 5.73 Å². The molecule has 1 atom stereocenters. The second-order valence-corrected chi connectivity index (χ2v) is 6.44. The van der Waals surface area contributed by atoms with Crippen molar-refractivity contribution in [1.82, 2.24) is 15.1 Å². The summed E-state index contributed by atoms with van der Waals surface area (Å²) in [5.41, 5.74) is 7.12. The Morgan fingerprint density at radius 2 is 2.08 bits per heavy atom. The maximum atomic E-state index is 13.1. The predicted octanol–water partition coefficient (Wildman–Crippen LogP) is 3.03. The second-order valence-electron chi connectivity index (χ2n) is 5.41. The lowest BCUT2D eigenvalue weighted by atomic mass is 10.3.